The number of hydrogen-bond acceptors (Lipinski definition) is 5. The molecule has 0 spiro atoms. The van der Waals surface area contributed by atoms with Crippen LogP contribution in [0, 0.1) is 37.0 Å². The van der Waals surface area contributed by atoms with Crippen molar-refractivity contribution in [1.82, 2.24) is 0 Å². The summed E-state index contributed by atoms with van der Waals surface area (Å²) in [5.41, 5.74) is 2.14. The third-order valence-electron chi connectivity index (χ3n) is 5.37. The van der Waals surface area contributed by atoms with Crippen LogP contribution in [0.4, 0.5) is 16.2 Å². The van der Waals surface area contributed by atoms with Gasteiger partial charge in [-0.3, -0.25) is 0 Å². The minimum Gasteiger partial charge on any atom is -0.423 e. The van der Waals surface area contributed by atoms with Crippen molar-refractivity contribution in [1.29, 1.82) is 0 Å². The van der Waals surface area contributed by atoms with Crippen LogP contribution in [-0.2, 0) is 0 Å². The molecule has 0 aliphatic carbocycles. The van der Waals surface area contributed by atoms with Gasteiger partial charge >= 0.3 is 18.0 Å². The number of nitrogens with one attached hydrogen (secondary N) is 2. The molecule has 0 aliphatic heterocycles. The fourth-order valence-electron chi connectivity index (χ4n) is 3.55. The molecule has 0 bridgehead atoms. The van der Waals surface area contributed by atoms with Gasteiger partial charge in [0, 0.05) is 28.1 Å². The normalized spacial score (nSPS) is 9.72. The molecule has 2 amide bonds. The summed E-state index contributed by atoms with van der Waals surface area (Å²) in [5, 5.41) is 5.26. The number of urea groups is 1. The van der Waals surface area contributed by atoms with Gasteiger partial charge in [0.05, 0.1) is 11.1 Å². The Morgan fingerprint density at radius 3 is 1.50 bits per heavy atom. The largest absolute Gasteiger partial charge is 0.423 e. The van der Waals surface area contributed by atoms with Crippen LogP contribution in [0.15, 0.2) is 91.0 Å². The van der Waals surface area contributed by atoms with Gasteiger partial charge in [-0.15, -0.1) is 19.3 Å². The fourth-order valence-corrected chi connectivity index (χ4v) is 3.55. The van der Waals surface area contributed by atoms with Gasteiger partial charge in [0.25, 0.3) is 0 Å². The molecule has 4 rings (SSSR count). The monoisotopic (exact) mass is 524 g/mol. The molecule has 7 nitrogen and oxygen atoms in total. The molecule has 0 fully saturated rings. The summed E-state index contributed by atoms with van der Waals surface area (Å²) in [7, 11) is 0. The summed E-state index contributed by atoms with van der Waals surface area (Å²) >= 11 is 0. The number of amides is 2. The molecular formula is C33H20N2O5. The molecule has 0 saturated carbocycles. The van der Waals surface area contributed by atoms with Gasteiger partial charge in [-0.1, -0.05) is 36.0 Å². The number of carbonyl (C=O) groups excluding carboxylic acids is 3. The van der Waals surface area contributed by atoms with Gasteiger partial charge in [0.1, 0.15) is 11.5 Å². The molecular weight excluding hydrogens is 504 g/mol. The average Bonchev–Trinajstić information content (AvgIpc) is 2.97. The van der Waals surface area contributed by atoms with Crippen molar-refractivity contribution >= 4 is 29.3 Å². The topological polar surface area (TPSA) is 93.7 Å². The SMILES string of the molecule is C#Cc1cccc(NC(=O)Nc2cc(C(=O)Oc3cccc(C#C)c3)cc(C(=O)Oc3cccc(C#C)c3)c2)c1. The lowest BCUT2D eigenvalue weighted by molar-refractivity contribution is 0.0734. The predicted molar refractivity (Wildman–Crippen MR) is 152 cm³/mol. The highest BCUT2D eigenvalue weighted by Crippen LogP contribution is 2.22. The van der Waals surface area contributed by atoms with Crippen LogP contribution in [-0.4, -0.2) is 18.0 Å². The Morgan fingerprint density at radius 1 is 0.550 bits per heavy atom. The zero-order valence-corrected chi connectivity index (χ0v) is 20.9. The van der Waals surface area contributed by atoms with Crippen LogP contribution in [0.5, 0.6) is 11.5 Å². The Hall–Kier alpha value is -6.23. The summed E-state index contributed by atoms with van der Waals surface area (Å²) in [6.45, 7) is 0. The zero-order valence-electron chi connectivity index (χ0n) is 20.9. The van der Waals surface area contributed by atoms with Crippen molar-refractivity contribution in [2.45, 2.75) is 0 Å². The van der Waals surface area contributed by atoms with Crippen LogP contribution < -0.4 is 20.1 Å². The van der Waals surface area contributed by atoms with Crippen molar-refractivity contribution < 1.29 is 23.9 Å². The molecule has 0 radical (unpaired) electrons. The molecule has 0 atom stereocenters. The van der Waals surface area contributed by atoms with E-state index in [9.17, 15) is 14.4 Å². The van der Waals surface area contributed by atoms with Gasteiger partial charge < -0.3 is 20.1 Å². The van der Waals surface area contributed by atoms with E-state index >= 15 is 0 Å². The molecule has 4 aromatic carbocycles. The summed E-state index contributed by atoms with van der Waals surface area (Å²) in [4.78, 5) is 38.8. The summed E-state index contributed by atoms with van der Waals surface area (Å²) in [6.07, 6.45) is 16.3. The predicted octanol–water partition coefficient (Wildman–Crippen LogP) is 5.71. The second-order valence-corrected chi connectivity index (χ2v) is 8.23. The average molecular weight is 525 g/mol. The molecule has 192 valence electrons. The first-order valence-corrected chi connectivity index (χ1v) is 11.7. The van der Waals surface area contributed by atoms with Crippen molar-refractivity contribution in [3.63, 3.8) is 0 Å². The highest BCUT2D eigenvalue weighted by atomic mass is 16.5. The summed E-state index contributed by atoms with van der Waals surface area (Å²) < 4.78 is 10.9. The molecule has 2 N–H and O–H groups in total. The maximum Gasteiger partial charge on any atom is 0.343 e. The number of anilines is 2. The van der Waals surface area contributed by atoms with E-state index in [-0.39, 0.29) is 28.3 Å². The van der Waals surface area contributed by atoms with Crippen molar-refractivity contribution in [2.75, 3.05) is 10.6 Å². The molecule has 0 aromatic heterocycles. The Labute approximate surface area is 231 Å². The third-order valence-corrected chi connectivity index (χ3v) is 5.37. The molecule has 7 heteroatoms. The van der Waals surface area contributed by atoms with Crippen molar-refractivity contribution in [3.8, 4) is 48.5 Å². The number of carbonyl (C=O) groups is 3. The highest BCUT2D eigenvalue weighted by Gasteiger charge is 2.18. The van der Waals surface area contributed by atoms with Gasteiger partial charge in [0.2, 0.25) is 0 Å². The maximum absolute atomic E-state index is 13.0. The fraction of sp³-hybridized carbons (Fsp3) is 0. The standard InChI is InChI=1S/C33H20N2O5/c1-4-22-10-7-13-27(16-22)34-33(38)35-28-20-25(31(36)39-29-14-8-11-23(5-2)17-29)19-26(21-28)32(37)40-30-15-9-12-24(6-3)18-30/h1-3,7-21H,(H2,34,35,38). The van der Waals surface area contributed by atoms with E-state index in [1.54, 1.807) is 60.7 Å². The Kier molecular flexibility index (Phi) is 8.28. The Morgan fingerprint density at radius 2 is 1.00 bits per heavy atom. The number of ether oxygens (including phenoxy) is 2. The first-order valence-electron chi connectivity index (χ1n) is 11.7. The van der Waals surface area contributed by atoms with Gasteiger partial charge in [-0.25, -0.2) is 14.4 Å². The lowest BCUT2D eigenvalue weighted by Crippen LogP contribution is -2.21. The molecule has 4 aromatic rings. The van der Waals surface area contributed by atoms with E-state index in [1.807, 2.05) is 0 Å². The third kappa shape index (κ3) is 6.95. The highest BCUT2D eigenvalue weighted by molar-refractivity contribution is 6.03. The number of benzene rings is 4. The number of esters is 2. The van der Waals surface area contributed by atoms with E-state index in [0.29, 0.717) is 22.4 Å². The first-order chi connectivity index (χ1) is 19.4. The van der Waals surface area contributed by atoms with Gasteiger partial charge in [-0.2, -0.15) is 0 Å². The van der Waals surface area contributed by atoms with Crippen LogP contribution >= 0.6 is 0 Å². The van der Waals surface area contributed by atoms with E-state index in [4.69, 9.17) is 28.7 Å². The van der Waals surface area contributed by atoms with E-state index in [0.717, 1.165) is 0 Å². The maximum atomic E-state index is 13.0. The summed E-state index contributed by atoms with van der Waals surface area (Å²) in [6, 6.07) is 22.9. The lowest BCUT2D eigenvalue weighted by Gasteiger charge is -2.12. The molecule has 40 heavy (non-hydrogen) atoms. The van der Waals surface area contributed by atoms with Crippen LogP contribution in [0.2, 0.25) is 0 Å². The number of rotatable bonds is 6. The molecule has 0 aliphatic rings. The van der Waals surface area contributed by atoms with Crippen LogP contribution in [0.1, 0.15) is 37.4 Å². The number of terminal acetylenes is 3. The van der Waals surface area contributed by atoms with Crippen LogP contribution in [0.3, 0.4) is 0 Å². The lowest BCUT2D eigenvalue weighted by atomic mass is 10.1. The van der Waals surface area contributed by atoms with E-state index in [1.165, 1.54) is 30.3 Å². The van der Waals surface area contributed by atoms with E-state index < -0.39 is 18.0 Å². The number of hydrogen-bond donors (Lipinski definition) is 2. The minimum absolute atomic E-state index is 0.0254. The Balaban J connectivity index is 1.62. The quantitative estimate of drug-likeness (QED) is 0.191. The Bertz CT molecular complexity index is 1660. The second-order valence-electron chi connectivity index (χ2n) is 8.23. The van der Waals surface area contributed by atoms with E-state index in [2.05, 4.69) is 28.4 Å². The van der Waals surface area contributed by atoms with Gasteiger partial charge in [0.15, 0.2) is 0 Å². The van der Waals surface area contributed by atoms with Crippen molar-refractivity contribution in [3.05, 3.63) is 119 Å². The molecule has 0 saturated heterocycles. The zero-order chi connectivity index (χ0) is 28.5. The van der Waals surface area contributed by atoms with Crippen LogP contribution in [0.25, 0.3) is 0 Å². The summed E-state index contributed by atoms with van der Waals surface area (Å²) in [5.74, 6) is 6.25. The molecule has 0 heterocycles. The minimum atomic E-state index is -0.789. The molecule has 0 unspecified atom stereocenters. The smallest absolute Gasteiger partial charge is 0.343 e. The van der Waals surface area contributed by atoms with Crippen molar-refractivity contribution in [2.24, 2.45) is 0 Å². The second kappa shape index (κ2) is 12.3. The first kappa shape index (κ1) is 26.8. The van der Waals surface area contributed by atoms with Gasteiger partial charge in [-0.05, 0) is 72.8 Å².